The van der Waals surface area contributed by atoms with Crippen molar-refractivity contribution in [1.82, 2.24) is 19.9 Å². The van der Waals surface area contributed by atoms with Crippen molar-refractivity contribution in [2.45, 2.75) is 13.3 Å². The van der Waals surface area contributed by atoms with Crippen LogP contribution in [0.4, 0.5) is 5.95 Å². The second-order valence-corrected chi connectivity index (χ2v) is 6.67. The van der Waals surface area contributed by atoms with Crippen LogP contribution < -0.4 is 10.5 Å². The number of aromatic nitrogens is 4. The van der Waals surface area contributed by atoms with Crippen LogP contribution in [-0.2, 0) is 9.59 Å². The smallest absolute Gasteiger partial charge is 0.278 e. The highest BCUT2D eigenvalue weighted by Gasteiger charge is 2.32. The topological polar surface area (TPSA) is 115 Å². The molecule has 0 radical (unpaired) electrons. The van der Waals surface area contributed by atoms with Crippen molar-refractivity contribution in [3.8, 4) is 0 Å². The second-order valence-electron chi connectivity index (χ2n) is 5.07. The van der Waals surface area contributed by atoms with E-state index in [0.29, 0.717) is 29.1 Å². The van der Waals surface area contributed by atoms with E-state index >= 15 is 0 Å². The average Bonchev–Trinajstić information content (AvgIpc) is 2.99. The van der Waals surface area contributed by atoms with Crippen molar-refractivity contribution < 1.29 is 9.59 Å². The number of nitrogens with one attached hydrogen (secondary N) is 3. The molecule has 1 unspecified atom stereocenters. The lowest BCUT2D eigenvalue weighted by molar-refractivity contribution is -0.117. The number of thioether (sulfide) groups is 1. The lowest BCUT2D eigenvalue weighted by Crippen LogP contribution is -2.29. The quantitative estimate of drug-likeness (QED) is 0.717. The highest BCUT2D eigenvalue weighted by Crippen LogP contribution is 2.25. The third kappa shape index (κ3) is 2.83. The van der Waals surface area contributed by atoms with Gasteiger partial charge in [-0.3, -0.25) is 24.3 Å². The molecule has 2 aromatic heterocycles. The summed E-state index contributed by atoms with van der Waals surface area (Å²) in [5.41, 5.74) is 0.184. The van der Waals surface area contributed by atoms with Gasteiger partial charge in [0, 0.05) is 25.6 Å². The highest BCUT2D eigenvalue weighted by atomic mass is 32.2. The molecular weight excluding hydrogens is 326 g/mol. The molecule has 3 heterocycles. The van der Waals surface area contributed by atoms with E-state index in [0.717, 1.165) is 0 Å². The molecule has 8 nitrogen and oxygen atoms in total. The van der Waals surface area contributed by atoms with E-state index in [9.17, 15) is 14.4 Å². The summed E-state index contributed by atoms with van der Waals surface area (Å²) in [6.07, 6.45) is 0.338. The molecule has 1 saturated heterocycles. The molecule has 0 aliphatic carbocycles. The van der Waals surface area contributed by atoms with Crippen LogP contribution in [0.1, 0.15) is 13.3 Å². The zero-order chi connectivity index (χ0) is 15.9. The first-order valence-corrected chi connectivity index (χ1v) is 7.99. The maximum absolute atomic E-state index is 12.1. The van der Waals surface area contributed by atoms with Crippen LogP contribution in [0.3, 0.4) is 0 Å². The van der Waals surface area contributed by atoms with Crippen molar-refractivity contribution in [3.05, 3.63) is 15.1 Å². The third-order valence-electron chi connectivity index (χ3n) is 3.36. The lowest BCUT2D eigenvalue weighted by atomic mass is 10.1. The number of anilines is 1. The predicted molar refractivity (Wildman–Crippen MR) is 85.5 cm³/mol. The molecule has 0 saturated carbocycles. The summed E-state index contributed by atoms with van der Waals surface area (Å²) in [5, 5.41) is 0.0266. The van der Waals surface area contributed by atoms with Crippen LogP contribution in [-0.4, -0.2) is 43.3 Å². The van der Waals surface area contributed by atoms with E-state index in [1.54, 1.807) is 0 Å². The molecule has 10 heteroatoms. The molecule has 0 bridgehead atoms. The fraction of sp³-hybridized carbons (Fsp3) is 0.417. The van der Waals surface area contributed by atoms with Gasteiger partial charge in [-0.15, -0.1) is 0 Å². The minimum atomic E-state index is -0.387. The number of aromatic amines is 3. The minimum Gasteiger partial charge on any atom is -0.325 e. The first-order chi connectivity index (χ1) is 10.4. The van der Waals surface area contributed by atoms with Gasteiger partial charge in [0.15, 0.2) is 15.5 Å². The molecule has 1 amide bonds. The Morgan fingerprint density at radius 2 is 2.18 bits per heavy atom. The van der Waals surface area contributed by atoms with E-state index < -0.39 is 0 Å². The molecule has 1 aliphatic heterocycles. The second kappa shape index (κ2) is 5.69. The van der Waals surface area contributed by atoms with Crippen LogP contribution >= 0.6 is 24.0 Å². The number of fused-ring (bicyclic) bond motifs is 1. The van der Waals surface area contributed by atoms with Crippen molar-refractivity contribution in [2.75, 3.05) is 17.2 Å². The Balaban J connectivity index is 1.88. The molecule has 0 aromatic carbocycles. The predicted octanol–water partition coefficient (Wildman–Crippen LogP) is 0.941. The number of H-pyrrole nitrogens is 3. The monoisotopic (exact) mass is 339 g/mol. The summed E-state index contributed by atoms with van der Waals surface area (Å²) in [5.74, 6) is 0.720. The van der Waals surface area contributed by atoms with Gasteiger partial charge in [0.1, 0.15) is 5.52 Å². The minimum absolute atomic E-state index is 0.0266. The normalized spacial score (nSPS) is 18.3. The van der Waals surface area contributed by atoms with E-state index in [-0.39, 0.29) is 34.0 Å². The van der Waals surface area contributed by atoms with E-state index in [4.69, 9.17) is 12.2 Å². The number of rotatable bonds is 3. The largest absolute Gasteiger partial charge is 0.325 e. The molecule has 0 spiro atoms. The molecule has 116 valence electrons. The number of hydrogen-bond donors (Lipinski definition) is 3. The van der Waals surface area contributed by atoms with Gasteiger partial charge < -0.3 is 9.97 Å². The zero-order valence-electron chi connectivity index (χ0n) is 11.6. The fourth-order valence-electron chi connectivity index (χ4n) is 2.38. The van der Waals surface area contributed by atoms with Gasteiger partial charge >= 0.3 is 0 Å². The Labute approximate surface area is 133 Å². The molecular formula is C12H13N5O3S2. The van der Waals surface area contributed by atoms with Crippen molar-refractivity contribution in [2.24, 2.45) is 5.92 Å². The van der Waals surface area contributed by atoms with E-state index in [1.165, 1.54) is 23.6 Å². The maximum atomic E-state index is 12.1. The maximum Gasteiger partial charge on any atom is 0.278 e. The van der Waals surface area contributed by atoms with Gasteiger partial charge in [0.05, 0.1) is 0 Å². The molecule has 22 heavy (non-hydrogen) atoms. The Kier molecular flexibility index (Phi) is 3.87. The van der Waals surface area contributed by atoms with Gasteiger partial charge in [-0.05, 0) is 18.1 Å². The average molecular weight is 339 g/mol. The summed E-state index contributed by atoms with van der Waals surface area (Å²) in [4.78, 5) is 48.9. The number of carbonyl (C=O) groups is 2. The molecule has 3 N–H and O–H groups in total. The van der Waals surface area contributed by atoms with Gasteiger partial charge in [-0.1, -0.05) is 11.8 Å². The first kappa shape index (κ1) is 15.0. The van der Waals surface area contributed by atoms with E-state index in [1.807, 2.05) is 0 Å². The molecule has 1 atom stereocenters. The Bertz CT molecular complexity index is 868. The fourth-order valence-corrected chi connectivity index (χ4v) is 3.27. The summed E-state index contributed by atoms with van der Waals surface area (Å²) in [6, 6.07) is 0. The molecule has 1 fully saturated rings. The van der Waals surface area contributed by atoms with Crippen molar-refractivity contribution in [3.63, 3.8) is 0 Å². The number of hydrogen-bond acceptors (Lipinski definition) is 6. The summed E-state index contributed by atoms with van der Waals surface area (Å²) >= 11 is 6.13. The van der Waals surface area contributed by atoms with Crippen LogP contribution in [0.15, 0.2) is 4.79 Å². The van der Waals surface area contributed by atoms with Gasteiger partial charge in [0.2, 0.25) is 11.9 Å². The molecule has 3 rings (SSSR count). The number of carbonyl (C=O) groups excluding carboxylic acids is 2. The number of imidazole rings is 1. The Morgan fingerprint density at radius 1 is 1.41 bits per heavy atom. The van der Waals surface area contributed by atoms with Crippen LogP contribution in [0.25, 0.3) is 11.2 Å². The molecule has 2 aromatic rings. The summed E-state index contributed by atoms with van der Waals surface area (Å²) < 4.78 is 0.300. The van der Waals surface area contributed by atoms with Crippen LogP contribution in [0.2, 0.25) is 0 Å². The standard InChI is InChI=1S/C12H13N5O3S2/c1-5(18)22-4-6-2-7(19)17(3-6)11-14-9-8(10(20)16-11)13-12(21)15-9/h6H,2-4H2,1H3,(H3,13,14,15,16,20,21). The third-order valence-corrected chi connectivity index (χ3v) is 4.61. The summed E-state index contributed by atoms with van der Waals surface area (Å²) in [6.45, 7) is 1.93. The lowest BCUT2D eigenvalue weighted by Gasteiger charge is -2.14. The van der Waals surface area contributed by atoms with Crippen LogP contribution in [0, 0.1) is 10.7 Å². The van der Waals surface area contributed by atoms with Gasteiger partial charge in [0.25, 0.3) is 5.56 Å². The van der Waals surface area contributed by atoms with Gasteiger partial charge in [-0.2, -0.15) is 4.98 Å². The van der Waals surface area contributed by atoms with E-state index in [2.05, 4.69) is 19.9 Å². The van der Waals surface area contributed by atoms with Gasteiger partial charge in [-0.25, -0.2) is 0 Å². The van der Waals surface area contributed by atoms with Crippen molar-refractivity contribution >= 4 is 52.1 Å². The molecule has 1 aliphatic rings. The SMILES string of the molecule is CC(=O)SCC1CC(=O)N(c2nc3[nH]c(=S)[nH]c3c(=O)[nH]2)C1. The first-order valence-electron chi connectivity index (χ1n) is 6.60. The Hall–Kier alpha value is -1.94. The Morgan fingerprint density at radius 3 is 2.91 bits per heavy atom. The zero-order valence-corrected chi connectivity index (χ0v) is 13.3. The van der Waals surface area contributed by atoms with Crippen LogP contribution in [0.5, 0.6) is 0 Å². The summed E-state index contributed by atoms with van der Waals surface area (Å²) in [7, 11) is 0. The number of amides is 1. The number of nitrogens with zero attached hydrogens (tertiary/aromatic N) is 2. The highest BCUT2D eigenvalue weighted by molar-refractivity contribution is 8.13. The van der Waals surface area contributed by atoms with Crippen molar-refractivity contribution in [1.29, 1.82) is 0 Å².